The van der Waals surface area contributed by atoms with Crippen LogP contribution in [0.3, 0.4) is 0 Å². The van der Waals surface area contributed by atoms with Gasteiger partial charge < -0.3 is 9.47 Å². The van der Waals surface area contributed by atoms with Crippen LogP contribution in [0.25, 0.3) is 0 Å². The van der Waals surface area contributed by atoms with Gasteiger partial charge in [0, 0.05) is 5.57 Å². The highest BCUT2D eigenvalue weighted by atomic mass is 16.6. The molecule has 0 saturated heterocycles. The highest BCUT2D eigenvalue weighted by molar-refractivity contribution is 6.29. The fraction of sp³-hybridized carbons (Fsp3) is 0.259. The topological polar surface area (TPSA) is 90.0 Å². The molecule has 7 nitrogen and oxygen atoms in total. The number of nitrogens with zero attached hydrogens (tertiary/aromatic N) is 1. The Kier molecular flexibility index (Phi) is 5.73. The number of allylic oxidation sites excluding steroid dienone is 3. The van der Waals surface area contributed by atoms with Crippen molar-refractivity contribution in [3.8, 4) is 5.75 Å². The quantitative estimate of drug-likeness (QED) is 0.640. The van der Waals surface area contributed by atoms with Crippen LogP contribution in [-0.2, 0) is 31.0 Å². The smallest absolute Gasteiger partial charge is 0.421 e. The van der Waals surface area contributed by atoms with E-state index in [9.17, 15) is 19.2 Å². The van der Waals surface area contributed by atoms with Gasteiger partial charge in [0.1, 0.15) is 16.8 Å². The molecule has 34 heavy (non-hydrogen) atoms. The third kappa shape index (κ3) is 3.94. The van der Waals surface area contributed by atoms with E-state index < -0.39 is 34.6 Å². The van der Waals surface area contributed by atoms with Crippen molar-refractivity contribution in [3.63, 3.8) is 0 Å². The average Bonchev–Trinajstić information content (AvgIpc) is 3.03. The first kappa shape index (κ1) is 23.2. The first-order valence-electron chi connectivity index (χ1n) is 10.9. The Bertz CT molecular complexity index is 1250. The number of carbonyl (C=O) groups excluding carboxylic acids is 4. The summed E-state index contributed by atoms with van der Waals surface area (Å²) >= 11 is 0. The first-order chi connectivity index (χ1) is 16.1. The first-order valence-corrected chi connectivity index (χ1v) is 10.9. The summed E-state index contributed by atoms with van der Waals surface area (Å²) in [6.07, 6.45) is 2.75. The van der Waals surface area contributed by atoms with Gasteiger partial charge in [-0.05, 0) is 74.7 Å². The van der Waals surface area contributed by atoms with Crippen LogP contribution in [0.4, 0.5) is 10.5 Å². The Morgan fingerprint density at radius 2 is 1.65 bits per heavy atom. The van der Waals surface area contributed by atoms with E-state index in [1.165, 1.54) is 18.2 Å². The maximum absolute atomic E-state index is 14.2. The van der Waals surface area contributed by atoms with Crippen molar-refractivity contribution in [2.45, 2.75) is 38.2 Å². The molecule has 1 atom stereocenters. The number of hydrogen-bond donors (Lipinski definition) is 0. The fourth-order valence-electron chi connectivity index (χ4n) is 4.35. The third-order valence-corrected chi connectivity index (χ3v) is 5.79. The summed E-state index contributed by atoms with van der Waals surface area (Å²) in [6, 6.07) is 13.9. The summed E-state index contributed by atoms with van der Waals surface area (Å²) < 4.78 is 10.8. The van der Waals surface area contributed by atoms with Crippen molar-refractivity contribution in [1.29, 1.82) is 0 Å². The fourth-order valence-corrected chi connectivity index (χ4v) is 4.35. The number of anilines is 1. The maximum atomic E-state index is 14.2. The molecule has 0 spiro atoms. The van der Waals surface area contributed by atoms with Gasteiger partial charge in [0.05, 0.1) is 12.8 Å². The van der Waals surface area contributed by atoms with Gasteiger partial charge in [0.2, 0.25) is 0 Å². The minimum absolute atomic E-state index is 0.0272. The Morgan fingerprint density at radius 3 is 2.29 bits per heavy atom. The second-order valence-electron chi connectivity index (χ2n) is 9.23. The molecule has 1 heterocycles. The Balaban J connectivity index is 1.93. The molecule has 0 aromatic heterocycles. The Morgan fingerprint density at radius 1 is 0.971 bits per heavy atom. The van der Waals surface area contributed by atoms with Crippen LogP contribution in [-0.4, -0.2) is 36.3 Å². The zero-order valence-electron chi connectivity index (χ0n) is 19.5. The lowest BCUT2D eigenvalue weighted by Gasteiger charge is -2.31. The Hall–Kier alpha value is -4.00. The van der Waals surface area contributed by atoms with E-state index >= 15 is 0 Å². The number of ether oxygens (including phenoxy) is 2. The minimum Gasteiger partial charge on any atom is -0.497 e. The SMILES string of the molecule is COc1ccc(CC2(C3=CC(=O)C=CC3=O)C(=O)N(C(=O)OC(C)(C)C)c3ccccc32)cc1. The van der Waals surface area contributed by atoms with Crippen molar-refractivity contribution in [1.82, 2.24) is 0 Å². The van der Waals surface area contributed by atoms with Crippen LogP contribution < -0.4 is 9.64 Å². The van der Waals surface area contributed by atoms with Gasteiger partial charge in [0.15, 0.2) is 11.6 Å². The van der Waals surface area contributed by atoms with Gasteiger partial charge in [-0.15, -0.1) is 0 Å². The molecule has 2 amide bonds. The van der Waals surface area contributed by atoms with Crippen LogP contribution in [0.2, 0.25) is 0 Å². The van der Waals surface area contributed by atoms with Gasteiger partial charge in [-0.1, -0.05) is 30.3 Å². The number of fused-ring (bicyclic) bond motifs is 1. The number of benzene rings is 2. The van der Waals surface area contributed by atoms with E-state index in [2.05, 4.69) is 0 Å². The zero-order valence-corrected chi connectivity index (χ0v) is 19.5. The van der Waals surface area contributed by atoms with E-state index in [1.807, 2.05) is 0 Å². The largest absolute Gasteiger partial charge is 0.497 e. The second kappa shape index (κ2) is 8.41. The summed E-state index contributed by atoms with van der Waals surface area (Å²) in [4.78, 5) is 53.7. The van der Waals surface area contributed by atoms with E-state index in [-0.39, 0.29) is 12.0 Å². The molecule has 0 radical (unpaired) electrons. The molecule has 1 aliphatic heterocycles. The van der Waals surface area contributed by atoms with Gasteiger partial charge in [-0.3, -0.25) is 14.4 Å². The molecular weight excluding hydrogens is 434 g/mol. The molecule has 1 aliphatic carbocycles. The molecular formula is C27H25NO6. The summed E-state index contributed by atoms with van der Waals surface area (Å²) in [6.45, 7) is 5.12. The van der Waals surface area contributed by atoms with E-state index in [0.717, 1.165) is 10.5 Å². The normalized spacial score (nSPS) is 19.7. The second-order valence-corrected chi connectivity index (χ2v) is 9.23. The van der Waals surface area contributed by atoms with Gasteiger partial charge in [-0.25, -0.2) is 9.69 Å². The molecule has 174 valence electrons. The minimum atomic E-state index is -1.58. The molecule has 0 N–H and O–H groups in total. The van der Waals surface area contributed by atoms with Crippen molar-refractivity contribution < 1.29 is 28.7 Å². The molecule has 2 aromatic carbocycles. The van der Waals surface area contributed by atoms with Crippen molar-refractivity contribution in [2.75, 3.05) is 12.0 Å². The summed E-state index contributed by atoms with van der Waals surface area (Å²) in [7, 11) is 1.55. The van der Waals surface area contributed by atoms with Gasteiger partial charge >= 0.3 is 6.09 Å². The van der Waals surface area contributed by atoms with E-state index in [4.69, 9.17) is 9.47 Å². The number of imide groups is 1. The number of para-hydroxylation sites is 1. The molecule has 2 aromatic rings. The van der Waals surface area contributed by atoms with Crippen molar-refractivity contribution in [3.05, 3.63) is 83.5 Å². The number of amides is 2. The highest BCUT2D eigenvalue weighted by Gasteiger charge is 2.57. The van der Waals surface area contributed by atoms with Crippen LogP contribution in [0.5, 0.6) is 5.75 Å². The lowest BCUT2D eigenvalue weighted by molar-refractivity contribution is -0.124. The summed E-state index contributed by atoms with van der Waals surface area (Å²) in [5, 5.41) is 0. The Labute approximate surface area is 197 Å². The molecule has 0 bridgehead atoms. The zero-order chi connectivity index (χ0) is 24.7. The van der Waals surface area contributed by atoms with Crippen LogP contribution in [0.15, 0.2) is 72.3 Å². The molecule has 4 rings (SSSR count). The predicted molar refractivity (Wildman–Crippen MR) is 126 cm³/mol. The van der Waals surface area contributed by atoms with E-state index in [1.54, 1.807) is 76.4 Å². The van der Waals surface area contributed by atoms with Gasteiger partial charge in [0.25, 0.3) is 5.91 Å². The third-order valence-electron chi connectivity index (χ3n) is 5.79. The molecule has 1 unspecified atom stereocenters. The molecule has 0 saturated carbocycles. The van der Waals surface area contributed by atoms with Crippen molar-refractivity contribution >= 4 is 29.3 Å². The van der Waals surface area contributed by atoms with Crippen molar-refractivity contribution in [2.24, 2.45) is 0 Å². The number of methoxy groups -OCH3 is 1. The highest BCUT2D eigenvalue weighted by Crippen LogP contribution is 2.49. The number of ketones is 2. The number of hydrogen-bond acceptors (Lipinski definition) is 6. The summed E-state index contributed by atoms with van der Waals surface area (Å²) in [5.41, 5.74) is -0.883. The molecule has 0 fully saturated rings. The molecule has 7 heteroatoms. The summed E-state index contributed by atoms with van der Waals surface area (Å²) in [5.74, 6) is -0.856. The lowest BCUT2D eigenvalue weighted by atomic mass is 9.68. The van der Waals surface area contributed by atoms with Gasteiger partial charge in [-0.2, -0.15) is 0 Å². The predicted octanol–water partition coefficient (Wildman–Crippen LogP) is 4.09. The van der Waals surface area contributed by atoms with Crippen LogP contribution >= 0.6 is 0 Å². The average molecular weight is 459 g/mol. The van der Waals surface area contributed by atoms with Crippen LogP contribution in [0, 0.1) is 0 Å². The maximum Gasteiger partial charge on any atom is 0.421 e. The lowest BCUT2D eigenvalue weighted by Crippen LogP contribution is -2.48. The standard InChI is InChI=1S/C27H25NO6/c1-26(2,3)34-25(32)28-22-8-6-5-7-20(22)27(24(28)31,21-15-18(29)11-14-23(21)30)16-17-9-12-19(33-4)13-10-17/h5-15H,16H2,1-4H3. The number of carbonyl (C=O) groups is 4. The van der Waals surface area contributed by atoms with Crippen LogP contribution in [0.1, 0.15) is 31.9 Å². The number of rotatable bonds is 4. The monoisotopic (exact) mass is 459 g/mol. The van der Waals surface area contributed by atoms with E-state index in [0.29, 0.717) is 17.0 Å². The molecule has 2 aliphatic rings.